The number of aliphatic hydroxyl groups excluding tert-OH is 1. The van der Waals surface area contributed by atoms with Gasteiger partial charge in [0.15, 0.2) is 0 Å². The monoisotopic (exact) mass is 614 g/mol. The van der Waals surface area contributed by atoms with Crippen molar-refractivity contribution in [3.05, 3.63) is 101 Å². The smallest absolute Gasteiger partial charge is 0.396 e. The van der Waals surface area contributed by atoms with Gasteiger partial charge in [-0.2, -0.15) is 12.3 Å². The first-order valence-corrected chi connectivity index (χ1v) is 16.4. The summed E-state index contributed by atoms with van der Waals surface area (Å²) in [6.45, 7) is 6.45. The molecule has 3 rings (SSSR count). The lowest BCUT2D eigenvalue weighted by Crippen LogP contribution is -2.68. The van der Waals surface area contributed by atoms with Crippen LogP contribution < -0.4 is 14.8 Å². The Morgan fingerprint density at radius 2 is 1.51 bits per heavy atom. The maximum Gasteiger partial charge on any atom is 0.396 e. The molecule has 0 saturated heterocycles. The summed E-state index contributed by atoms with van der Waals surface area (Å²) < 4.78 is 50.6. The number of aliphatic hydroxyl groups is 1. The van der Waals surface area contributed by atoms with Crippen LogP contribution in [0.15, 0.2) is 78.9 Å². The van der Waals surface area contributed by atoms with Crippen molar-refractivity contribution in [1.82, 2.24) is 10.0 Å². The molecular formula is C33H45FN3O5S+. The third-order valence-corrected chi connectivity index (χ3v) is 9.52. The van der Waals surface area contributed by atoms with Crippen LogP contribution in [0.3, 0.4) is 0 Å². The fourth-order valence-corrected chi connectivity index (χ4v) is 7.47. The molecular weight excluding hydrogens is 569 g/mol. The van der Waals surface area contributed by atoms with E-state index in [1.807, 2.05) is 74.5 Å². The number of rotatable bonds is 18. The highest BCUT2D eigenvalue weighted by Gasteiger charge is 2.51. The second-order valence-corrected chi connectivity index (χ2v) is 12.7. The van der Waals surface area contributed by atoms with Crippen LogP contribution >= 0.6 is 0 Å². The number of quaternary nitrogens is 1. The molecule has 3 aromatic rings. The van der Waals surface area contributed by atoms with E-state index in [-0.39, 0.29) is 39.1 Å². The first-order chi connectivity index (χ1) is 20.6. The fourth-order valence-electron chi connectivity index (χ4n) is 5.44. The average molecular weight is 615 g/mol. The SMILES string of the molecule is CCC[N+](CCC)(C(Cc1cc(F)cc(OCc2ccccc2)c1)C(O)CNCc1ccccc1)S(=O)(=O)NC(=O)CC. The molecule has 2 unspecified atom stereocenters. The van der Waals surface area contributed by atoms with E-state index in [4.69, 9.17) is 4.74 Å². The van der Waals surface area contributed by atoms with Gasteiger partial charge in [0.25, 0.3) is 0 Å². The summed E-state index contributed by atoms with van der Waals surface area (Å²) in [5.41, 5.74) is 2.43. The molecule has 0 aliphatic rings. The molecule has 0 aliphatic carbocycles. The van der Waals surface area contributed by atoms with Gasteiger partial charge in [0.1, 0.15) is 30.3 Å². The third kappa shape index (κ3) is 9.59. The van der Waals surface area contributed by atoms with Crippen LogP contribution in [-0.2, 0) is 34.6 Å². The molecule has 0 bridgehead atoms. The summed E-state index contributed by atoms with van der Waals surface area (Å²) in [6, 6.07) is 22.6. The van der Waals surface area contributed by atoms with Gasteiger partial charge in [-0.25, -0.2) is 9.11 Å². The Hall–Kier alpha value is -3.31. The van der Waals surface area contributed by atoms with Crippen molar-refractivity contribution < 1.29 is 31.3 Å². The summed E-state index contributed by atoms with van der Waals surface area (Å²) in [5, 5.41) is 14.9. The highest BCUT2D eigenvalue weighted by molar-refractivity contribution is 7.84. The number of carbonyl (C=O) groups excluding carboxylic acids is 1. The number of amides is 1. The summed E-state index contributed by atoms with van der Waals surface area (Å²) >= 11 is 0. The van der Waals surface area contributed by atoms with E-state index < -0.39 is 38.0 Å². The van der Waals surface area contributed by atoms with E-state index in [1.54, 1.807) is 13.0 Å². The number of nitrogens with one attached hydrogen (secondary N) is 2. The Labute approximate surface area is 255 Å². The normalized spacial score (nSPS) is 13.3. The van der Waals surface area contributed by atoms with Crippen LogP contribution in [0.1, 0.15) is 56.7 Å². The van der Waals surface area contributed by atoms with Crippen LogP contribution in [0.2, 0.25) is 0 Å². The molecule has 3 aromatic carbocycles. The predicted octanol–water partition coefficient (Wildman–Crippen LogP) is 4.87. The molecule has 43 heavy (non-hydrogen) atoms. The van der Waals surface area contributed by atoms with Gasteiger partial charge in [-0.3, -0.25) is 4.79 Å². The van der Waals surface area contributed by atoms with E-state index in [9.17, 15) is 22.7 Å². The van der Waals surface area contributed by atoms with Gasteiger partial charge in [-0.1, -0.05) is 81.4 Å². The third-order valence-electron chi connectivity index (χ3n) is 7.45. The minimum absolute atomic E-state index is 0.00462. The molecule has 3 N–H and O–H groups in total. The molecule has 0 fully saturated rings. The van der Waals surface area contributed by atoms with Gasteiger partial charge < -0.3 is 15.2 Å². The molecule has 8 nitrogen and oxygen atoms in total. The lowest BCUT2D eigenvalue weighted by molar-refractivity contribution is -0.838. The van der Waals surface area contributed by atoms with Crippen molar-refractivity contribution in [3.63, 3.8) is 0 Å². The molecule has 2 atom stereocenters. The first kappa shape index (κ1) is 34.2. The maximum atomic E-state index is 14.9. The van der Waals surface area contributed by atoms with Crippen molar-refractivity contribution in [1.29, 1.82) is 0 Å². The zero-order chi connectivity index (χ0) is 31.3. The fraction of sp³-hybridized carbons (Fsp3) is 0.424. The van der Waals surface area contributed by atoms with Crippen molar-refractivity contribution >= 4 is 16.1 Å². The summed E-state index contributed by atoms with van der Waals surface area (Å²) in [6.07, 6.45) is -0.149. The van der Waals surface area contributed by atoms with Crippen LogP contribution in [0.5, 0.6) is 5.75 Å². The molecule has 0 heterocycles. The van der Waals surface area contributed by atoms with E-state index >= 15 is 0 Å². The quantitative estimate of drug-likeness (QED) is 0.177. The Balaban J connectivity index is 1.99. The Kier molecular flexibility index (Phi) is 13.1. The number of ether oxygens (including phenoxy) is 1. The highest BCUT2D eigenvalue weighted by atomic mass is 32.2. The standard InChI is InChI=1S/C33H44FN3O5S/c1-4-17-37(18-5-2,43(40,41)36-33(39)6-3)31(32(38)24-35-23-26-13-9-7-10-14-26)21-28-19-29(34)22-30(20-28)42-25-27-15-11-8-12-16-27/h7-16,19-20,22,31-32,35,38H,4-6,17-18,21,23-25H2,1-3H3/p+1. The Morgan fingerprint density at radius 1 is 0.907 bits per heavy atom. The number of hydrogen-bond donors (Lipinski definition) is 3. The Bertz CT molecular complexity index is 1380. The molecule has 0 spiro atoms. The topological polar surface area (TPSA) is 105 Å². The largest absolute Gasteiger partial charge is 0.489 e. The van der Waals surface area contributed by atoms with Crippen molar-refractivity contribution in [2.24, 2.45) is 0 Å². The van der Waals surface area contributed by atoms with Crippen LogP contribution in [0.4, 0.5) is 4.39 Å². The number of halogens is 1. The second kappa shape index (κ2) is 16.5. The summed E-state index contributed by atoms with van der Waals surface area (Å²) in [5.74, 6) is -0.838. The first-order valence-electron chi connectivity index (χ1n) is 15.0. The highest BCUT2D eigenvalue weighted by Crippen LogP contribution is 2.29. The molecule has 10 heteroatoms. The van der Waals surface area contributed by atoms with Gasteiger partial charge in [-0.15, -0.1) is 0 Å². The van der Waals surface area contributed by atoms with Gasteiger partial charge in [-0.05, 0) is 41.7 Å². The lowest BCUT2D eigenvalue weighted by Gasteiger charge is -2.44. The molecule has 1 amide bonds. The van der Waals surface area contributed by atoms with Gasteiger partial charge in [0.05, 0.1) is 13.1 Å². The minimum Gasteiger partial charge on any atom is -0.489 e. The van der Waals surface area contributed by atoms with Crippen LogP contribution in [0, 0.1) is 5.82 Å². The zero-order valence-electron chi connectivity index (χ0n) is 25.3. The maximum absolute atomic E-state index is 14.9. The van der Waals surface area contributed by atoms with E-state index in [1.165, 1.54) is 12.1 Å². The van der Waals surface area contributed by atoms with Crippen molar-refractivity contribution in [3.8, 4) is 5.75 Å². The van der Waals surface area contributed by atoms with E-state index in [0.717, 1.165) is 11.1 Å². The summed E-state index contributed by atoms with van der Waals surface area (Å²) in [7, 11) is -4.30. The molecule has 0 aliphatic heterocycles. The van der Waals surface area contributed by atoms with Crippen LogP contribution in [0.25, 0.3) is 0 Å². The zero-order valence-corrected chi connectivity index (χ0v) is 26.2. The molecule has 0 radical (unpaired) electrons. The van der Waals surface area contributed by atoms with Crippen LogP contribution in [-0.4, -0.2) is 55.1 Å². The van der Waals surface area contributed by atoms with E-state index in [0.29, 0.717) is 30.7 Å². The van der Waals surface area contributed by atoms with Gasteiger partial charge in [0.2, 0.25) is 5.91 Å². The number of benzene rings is 3. The predicted molar refractivity (Wildman–Crippen MR) is 167 cm³/mol. The second-order valence-electron chi connectivity index (χ2n) is 10.8. The van der Waals surface area contributed by atoms with Crippen molar-refractivity contribution in [2.75, 3.05) is 19.6 Å². The van der Waals surface area contributed by atoms with E-state index in [2.05, 4.69) is 10.0 Å². The summed E-state index contributed by atoms with van der Waals surface area (Å²) in [4.78, 5) is 12.4. The minimum atomic E-state index is -4.30. The number of hydrogen-bond acceptors (Lipinski definition) is 6. The van der Waals surface area contributed by atoms with Gasteiger partial charge >= 0.3 is 10.2 Å². The lowest BCUT2D eigenvalue weighted by atomic mass is 9.98. The molecule has 234 valence electrons. The van der Waals surface area contributed by atoms with Crippen molar-refractivity contribution in [2.45, 2.75) is 71.8 Å². The molecule has 0 aromatic heterocycles. The van der Waals surface area contributed by atoms with Gasteiger partial charge in [0, 0.05) is 32.0 Å². The number of carbonyl (C=O) groups is 1. The average Bonchev–Trinajstić information content (AvgIpc) is 2.99. The Morgan fingerprint density at radius 3 is 2.09 bits per heavy atom. The molecule has 0 saturated carbocycles. The number of nitrogens with zero attached hydrogens (tertiary/aromatic N) is 1.